The van der Waals surface area contributed by atoms with Crippen molar-refractivity contribution < 1.29 is 24.3 Å². The second-order valence-electron chi connectivity index (χ2n) is 11.4. The first-order valence-corrected chi connectivity index (χ1v) is 17.6. The maximum atomic E-state index is 13.8. The molecule has 3 amide bonds. The molecule has 3 atom stereocenters. The van der Waals surface area contributed by atoms with E-state index in [-0.39, 0.29) is 48.1 Å². The van der Waals surface area contributed by atoms with Crippen LogP contribution in [0.25, 0.3) is 0 Å². The van der Waals surface area contributed by atoms with Crippen LogP contribution >= 0.6 is 21.6 Å². The lowest BCUT2D eigenvalue weighted by Crippen LogP contribution is -2.60. The number of amides is 3. The van der Waals surface area contributed by atoms with Crippen molar-refractivity contribution in [1.29, 1.82) is 0 Å². The first kappa shape index (κ1) is 35.4. The number of aromatic hydroxyl groups is 1. The lowest BCUT2D eigenvalue weighted by atomic mass is 9.93. The Labute approximate surface area is 268 Å². The zero-order valence-corrected chi connectivity index (χ0v) is 27.4. The van der Waals surface area contributed by atoms with Crippen LogP contribution in [0.15, 0.2) is 53.7 Å². The van der Waals surface area contributed by atoms with Gasteiger partial charge in [-0.1, -0.05) is 49.3 Å². The van der Waals surface area contributed by atoms with Crippen LogP contribution in [0.2, 0.25) is 0 Å². The highest BCUT2D eigenvalue weighted by Gasteiger charge is 2.34. The van der Waals surface area contributed by atoms with Crippen LogP contribution in [0.1, 0.15) is 64.9 Å². The van der Waals surface area contributed by atoms with Crippen molar-refractivity contribution in [3.63, 3.8) is 0 Å². The van der Waals surface area contributed by atoms with Crippen LogP contribution in [0.4, 0.5) is 0 Å². The molecule has 0 unspecified atom stereocenters. The minimum absolute atomic E-state index is 0.0676. The van der Waals surface area contributed by atoms with Gasteiger partial charge in [-0.25, -0.2) is 10.4 Å². The molecule has 0 radical (unpaired) electrons. The Morgan fingerprint density at radius 3 is 2.64 bits per heavy atom. The molecule has 1 fully saturated rings. The molecule has 240 valence electrons. The summed E-state index contributed by atoms with van der Waals surface area (Å²) >= 11 is 0. The number of benzene rings is 1. The summed E-state index contributed by atoms with van der Waals surface area (Å²) in [5.41, 5.74) is 3.83. The number of hydrogen-bond donors (Lipinski definition) is 4. The Balaban J connectivity index is 1.55. The van der Waals surface area contributed by atoms with E-state index < -0.39 is 18.0 Å². The van der Waals surface area contributed by atoms with Crippen molar-refractivity contribution in [3.8, 4) is 5.75 Å². The Kier molecular flexibility index (Phi) is 15.0. The number of hydrogen-bond acceptors (Lipinski definition) is 9. The molecule has 1 aliphatic rings. The normalized spacial score (nSPS) is 16.3. The van der Waals surface area contributed by atoms with Gasteiger partial charge in [0.1, 0.15) is 16.8 Å². The van der Waals surface area contributed by atoms with Crippen LogP contribution in [0.3, 0.4) is 0 Å². The van der Waals surface area contributed by atoms with Crippen LogP contribution < -0.4 is 16.1 Å². The quantitative estimate of drug-likeness (QED) is 0.147. The highest BCUT2D eigenvalue weighted by Crippen LogP contribution is 2.30. The van der Waals surface area contributed by atoms with E-state index >= 15 is 0 Å². The van der Waals surface area contributed by atoms with Crippen molar-refractivity contribution in [1.82, 2.24) is 26.1 Å². The van der Waals surface area contributed by atoms with Gasteiger partial charge in [-0.2, -0.15) is 0 Å². The fourth-order valence-corrected chi connectivity index (χ4v) is 6.98. The molecule has 1 saturated heterocycles. The Bertz CT molecular complexity index is 1230. The smallest absolute Gasteiger partial charge is 0.259 e. The number of pyridine rings is 1. The van der Waals surface area contributed by atoms with Crippen molar-refractivity contribution in [2.45, 2.75) is 82.8 Å². The molecule has 10 nitrogen and oxygen atoms in total. The predicted molar refractivity (Wildman–Crippen MR) is 175 cm³/mol. The molecule has 2 aromatic rings. The van der Waals surface area contributed by atoms with Gasteiger partial charge in [0.25, 0.3) is 5.91 Å². The Hall–Kier alpha value is -3.09. The molecule has 4 N–H and O–H groups in total. The standard InChI is InChI=1S/C32H45N5O5S2/c1-22(2)26(21-34-23(3)38)31(41)35-28(20-24-11-9-12-25(39)19-24)32(42)37-17-10-13-27(36-37)29(40)14-5-4-8-18-43-44-30-15-6-7-16-33-30/h6-7,9,11-12,15-16,19,22,26-28,36,39H,4-5,8,10,13-14,17-18,20-21H2,1-3H3,(H,34,38)(H,35,41)/t26-,27-,28-/m0/s1. The number of unbranched alkanes of at least 4 members (excludes halogenated alkanes) is 2. The predicted octanol–water partition coefficient (Wildman–Crippen LogP) is 4.29. The molecular formula is C32H45N5O5S2. The highest BCUT2D eigenvalue weighted by atomic mass is 33.1. The van der Waals surface area contributed by atoms with Crippen LogP contribution in [-0.4, -0.2) is 69.5 Å². The average Bonchev–Trinajstić information content (AvgIpc) is 3.00. The summed E-state index contributed by atoms with van der Waals surface area (Å²) < 4.78 is 0. The number of nitrogens with zero attached hydrogens (tertiary/aromatic N) is 2. The number of hydrazine groups is 1. The maximum Gasteiger partial charge on any atom is 0.259 e. The van der Waals surface area contributed by atoms with E-state index in [1.807, 2.05) is 32.0 Å². The third-order valence-electron chi connectivity index (χ3n) is 7.45. The Morgan fingerprint density at radius 2 is 1.93 bits per heavy atom. The number of nitrogens with one attached hydrogen (secondary N) is 3. The molecule has 0 bridgehead atoms. The first-order chi connectivity index (χ1) is 21.1. The zero-order chi connectivity index (χ0) is 31.9. The lowest BCUT2D eigenvalue weighted by Gasteiger charge is -2.36. The second-order valence-corrected chi connectivity index (χ2v) is 13.8. The summed E-state index contributed by atoms with van der Waals surface area (Å²) in [5.74, 6) is -0.394. The van der Waals surface area contributed by atoms with E-state index in [2.05, 4.69) is 21.0 Å². The number of aromatic nitrogens is 1. The van der Waals surface area contributed by atoms with E-state index in [0.717, 1.165) is 30.0 Å². The van der Waals surface area contributed by atoms with Gasteiger partial charge >= 0.3 is 0 Å². The first-order valence-electron chi connectivity index (χ1n) is 15.3. The number of phenolic OH excluding ortho intramolecular Hbond substituents is 1. The van der Waals surface area contributed by atoms with Crippen molar-refractivity contribution in [3.05, 3.63) is 54.2 Å². The van der Waals surface area contributed by atoms with E-state index in [9.17, 15) is 24.3 Å². The van der Waals surface area contributed by atoms with Crippen molar-refractivity contribution in [2.75, 3.05) is 18.8 Å². The highest BCUT2D eigenvalue weighted by molar-refractivity contribution is 8.76. The van der Waals surface area contributed by atoms with Gasteiger partial charge in [-0.05, 0) is 72.2 Å². The van der Waals surface area contributed by atoms with E-state index in [4.69, 9.17) is 0 Å². The Morgan fingerprint density at radius 1 is 1.11 bits per heavy atom. The topological polar surface area (TPSA) is 141 Å². The average molecular weight is 644 g/mol. The molecule has 0 saturated carbocycles. The summed E-state index contributed by atoms with van der Waals surface area (Å²) in [5, 5.41) is 18.0. The molecule has 44 heavy (non-hydrogen) atoms. The van der Waals surface area contributed by atoms with Crippen molar-refractivity contribution >= 4 is 45.1 Å². The molecule has 2 heterocycles. The van der Waals surface area contributed by atoms with Gasteiger partial charge in [0.05, 0.1) is 12.0 Å². The summed E-state index contributed by atoms with van der Waals surface area (Å²) in [6.45, 7) is 5.75. The molecule has 1 aliphatic heterocycles. The number of phenols is 1. The monoisotopic (exact) mass is 643 g/mol. The lowest BCUT2D eigenvalue weighted by molar-refractivity contribution is -0.143. The van der Waals surface area contributed by atoms with E-state index in [1.165, 1.54) is 11.9 Å². The maximum absolute atomic E-state index is 13.8. The van der Waals surface area contributed by atoms with Gasteiger partial charge in [-0.3, -0.25) is 24.2 Å². The number of ketones is 1. The zero-order valence-electron chi connectivity index (χ0n) is 25.8. The van der Waals surface area contributed by atoms with Crippen LogP contribution in [-0.2, 0) is 25.6 Å². The number of Topliss-reactive ketones (excluding diaryl/α,β-unsaturated/α-hetero) is 1. The van der Waals surface area contributed by atoms with E-state index in [1.54, 1.807) is 52.1 Å². The molecule has 0 aliphatic carbocycles. The number of carbonyl (C=O) groups is 4. The molecule has 1 aromatic heterocycles. The fourth-order valence-electron chi connectivity index (χ4n) is 4.96. The summed E-state index contributed by atoms with van der Waals surface area (Å²) in [4.78, 5) is 56.0. The minimum Gasteiger partial charge on any atom is -0.508 e. The van der Waals surface area contributed by atoms with Gasteiger partial charge in [0.15, 0.2) is 5.78 Å². The third kappa shape index (κ3) is 12.1. The van der Waals surface area contributed by atoms with Crippen molar-refractivity contribution in [2.24, 2.45) is 11.8 Å². The largest absolute Gasteiger partial charge is 0.508 e. The van der Waals surface area contributed by atoms with Gasteiger partial charge < -0.3 is 15.7 Å². The summed E-state index contributed by atoms with van der Waals surface area (Å²) in [7, 11) is 3.42. The van der Waals surface area contributed by atoms with Gasteiger partial charge in [0, 0.05) is 44.8 Å². The van der Waals surface area contributed by atoms with Crippen LogP contribution in [0, 0.1) is 11.8 Å². The molecular weight excluding hydrogens is 599 g/mol. The van der Waals surface area contributed by atoms with Gasteiger partial charge in [0.2, 0.25) is 11.8 Å². The summed E-state index contributed by atoms with van der Waals surface area (Å²) in [6, 6.07) is 11.1. The van der Waals surface area contributed by atoms with Gasteiger partial charge in [-0.15, -0.1) is 0 Å². The summed E-state index contributed by atoms with van der Waals surface area (Å²) in [6.07, 6.45) is 6.46. The van der Waals surface area contributed by atoms with E-state index in [0.29, 0.717) is 31.4 Å². The second kappa shape index (κ2) is 18.7. The number of rotatable bonds is 17. The minimum atomic E-state index is -0.925. The molecule has 1 aromatic carbocycles. The SMILES string of the molecule is CC(=O)NC[C@H](C(=O)N[C@@H](Cc1cccc(O)c1)C(=O)N1CCC[C@@H](C(=O)CCCCCSSc2ccccn2)N1)C(C)C. The third-order valence-corrected chi connectivity index (χ3v) is 9.80. The molecule has 12 heteroatoms. The number of carbonyl (C=O) groups excluding carboxylic acids is 4. The van der Waals surface area contributed by atoms with Crippen LogP contribution in [0.5, 0.6) is 5.75 Å². The molecule has 0 spiro atoms. The molecule has 3 rings (SSSR count). The fraction of sp³-hybridized carbons (Fsp3) is 0.531.